The Morgan fingerprint density at radius 3 is 2.63 bits per heavy atom. The third-order valence-electron chi connectivity index (χ3n) is 4.37. The van der Waals surface area contributed by atoms with E-state index in [2.05, 4.69) is 20.4 Å². The maximum atomic E-state index is 12.8. The summed E-state index contributed by atoms with van der Waals surface area (Å²) >= 11 is 7.44. The monoisotopic (exact) mass is 439 g/mol. The lowest BCUT2D eigenvalue weighted by molar-refractivity contribution is 0.102. The van der Waals surface area contributed by atoms with Crippen LogP contribution >= 0.6 is 22.9 Å². The third-order valence-corrected chi connectivity index (χ3v) is 5.52. The van der Waals surface area contributed by atoms with Crippen LogP contribution in [-0.4, -0.2) is 25.7 Å². The van der Waals surface area contributed by atoms with E-state index in [4.69, 9.17) is 11.6 Å². The number of hydrogen-bond acceptors (Lipinski definition) is 5. The number of aromatic amines is 1. The van der Waals surface area contributed by atoms with Gasteiger partial charge in [0.15, 0.2) is 0 Å². The van der Waals surface area contributed by atoms with Crippen LogP contribution in [0, 0.1) is 0 Å². The molecule has 0 aliphatic heterocycles. The SMILES string of the molecule is CC(C)c1cc(=O)[nH]c(-n2nc(-c3cccs3)cc2NC(=O)c2ccc(Cl)cc2)n1. The van der Waals surface area contributed by atoms with Crippen molar-refractivity contribution in [3.8, 4) is 16.5 Å². The van der Waals surface area contributed by atoms with E-state index < -0.39 is 0 Å². The van der Waals surface area contributed by atoms with Crippen LogP contribution in [0.25, 0.3) is 16.5 Å². The highest BCUT2D eigenvalue weighted by atomic mass is 35.5. The van der Waals surface area contributed by atoms with Crippen molar-refractivity contribution < 1.29 is 4.79 Å². The van der Waals surface area contributed by atoms with Crippen molar-refractivity contribution in [2.45, 2.75) is 19.8 Å². The van der Waals surface area contributed by atoms with Crippen LogP contribution in [-0.2, 0) is 0 Å². The lowest BCUT2D eigenvalue weighted by Gasteiger charge is -2.10. The Hall–Kier alpha value is -3.23. The van der Waals surface area contributed by atoms with Gasteiger partial charge in [-0.1, -0.05) is 31.5 Å². The summed E-state index contributed by atoms with van der Waals surface area (Å²) in [6.07, 6.45) is 0. The molecule has 0 atom stereocenters. The molecule has 0 unspecified atom stereocenters. The van der Waals surface area contributed by atoms with Gasteiger partial charge in [0.2, 0.25) is 5.95 Å². The van der Waals surface area contributed by atoms with E-state index >= 15 is 0 Å². The van der Waals surface area contributed by atoms with E-state index in [0.717, 1.165) is 4.88 Å². The van der Waals surface area contributed by atoms with Gasteiger partial charge in [0.25, 0.3) is 11.5 Å². The van der Waals surface area contributed by atoms with Gasteiger partial charge in [-0.25, -0.2) is 4.98 Å². The lowest BCUT2D eigenvalue weighted by Crippen LogP contribution is -2.19. The van der Waals surface area contributed by atoms with Crippen LogP contribution in [0.5, 0.6) is 0 Å². The second kappa shape index (κ2) is 8.25. The number of thiophene rings is 1. The fourth-order valence-corrected chi connectivity index (χ4v) is 3.63. The highest BCUT2D eigenvalue weighted by Crippen LogP contribution is 2.27. The summed E-state index contributed by atoms with van der Waals surface area (Å²) in [4.78, 5) is 33.1. The number of H-pyrrole nitrogens is 1. The summed E-state index contributed by atoms with van der Waals surface area (Å²) in [5.74, 6) is 0.362. The highest BCUT2D eigenvalue weighted by Gasteiger charge is 2.18. The quantitative estimate of drug-likeness (QED) is 0.470. The average Bonchev–Trinajstić information content (AvgIpc) is 3.38. The summed E-state index contributed by atoms with van der Waals surface area (Å²) in [7, 11) is 0. The van der Waals surface area contributed by atoms with Crippen molar-refractivity contribution in [1.29, 1.82) is 0 Å². The van der Waals surface area contributed by atoms with Gasteiger partial charge >= 0.3 is 0 Å². The first-order chi connectivity index (χ1) is 14.4. The largest absolute Gasteiger partial charge is 0.306 e. The standard InChI is InChI=1S/C21H18ClN5O2S/c1-12(2)15-11-19(28)25-21(23-15)27-18(10-16(26-27)17-4-3-9-30-17)24-20(29)13-5-7-14(22)8-6-13/h3-12H,1-2H3,(H,24,29)(H,23,25,28). The van der Waals surface area contributed by atoms with Gasteiger partial charge in [0.1, 0.15) is 11.5 Å². The minimum Gasteiger partial charge on any atom is -0.306 e. The Labute approximate surface area is 181 Å². The summed E-state index contributed by atoms with van der Waals surface area (Å²) < 4.78 is 1.44. The Morgan fingerprint density at radius 1 is 1.20 bits per heavy atom. The molecule has 0 saturated heterocycles. The zero-order valence-electron chi connectivity index (χ0n) is 16.2. The van der Waals surface area contributed by atoms with Crippen molar-refractivity contribution in [2.75, 3.05) is 5.32 Å². The molecule has 0 aliphatic rings. The van der Waals surface area contributed by atoms with Gasteiger partial charge in [-0.2, -0.15) is 9.78 Å². The van der Waals surface area contributed by atoms with Crippen molar-refractivity contribution in [2.24, 2.45) is 0 Å². The maximum absolute atomic E-state index is 12.8. The highest BCUT2D eigenvalue weighted by molar-refractivity contribution is 7.13. The van der Waals surface area contributed by atoms with Gasteiger partial charge in [0, 0.05) is 22.7 Å². The molecule has 4 rings (SSSR count). The number of halogens is 1. The Bertz CT molecular complexity index is 1240. The normalized spacial score (nSPS) is 11.1. The molecule has 1 aromatic carbocycles. The van der Waals surface area contributed by atoms with Crippen LogP contribution < -0.4 is 10.9 Å². The van der Waals surface area contributed by atoms with Gasteiger partial charge in [-0.05, 0) is 41.6 Å². The molecule has 9 heteroatoms. The number of carbonyl (C=O) groups is 1. The number of nitrogens with one attached hydrogen (secondary N) is 2. The lowest BCUT2D eigenvalue weighted by atomic mass is 10.1. The van der Waals surface area contributed by atoms with Crippen LogP contribution in [0.15, 0.2) is 58.7 Å². The average molecular weight is 440 g/mol. The van der Waals surface area contributed by atoms with E-state index in [0.29, 0.717) is 27.8 Å². The summed E-state index contributed by atoms with van der Waals surface area (Å²) in [6, 6.07) is 13.6. The molecule has 0 aliphatic carbocycles. The van der Waals surface area contributed by atoms with Gasteiger partial charge in [0.05, 0.1) is 10.6 Å². The first kappa shape index (κ1) is 20.1. The predicted octanol–water partition coefficient (Wildman–Crippen LogP) is 4.71. The first-order valence-electron chi connectivity index (χ1n) is 9.23. The van der Waals surface area contributed by atoms with Crippen molar-refractivity contribution >= 4 is 34.7 Å². The van der Waals surface area contributed by atoms with Crippen molar-refractivity contribution in [3.63, 3.8) is 0 Å². The number of rotatable bonds is 5. The molecule has 3 heterocycles. The molecule has 0 fully saturated rings. The van der Waals surface area contributed by atoms with Gasteiger partial charge in [-0.15, -0.1) is 11.3 Å². The van der Waals surface area contributed by atoms with Crippen LogP contribution in [0.1, 0.15) is 35.8 Å². The smallest absolute Gasteiger partial charge is 0.256 e. The molecule has 152 valence electrons. The molecular weight excluding hydrogens is 422 g/mol. The van der Waals surface area contributed by atoms with Crippen molar-refractivity contribution in [3.05, 3.63) is 80.5 Å². The molecule has 0 saturated carbocycles. The molecule has 3 aromatic heterocycles. The summed E-state index contributed by atoms with van der Waals surface area (Å²) in [5.41, 5.74) is 1.46. The maximum Gasteiger partial charge on any atom is 0.256 e. The third kappa shape index (κ3) is 4.19. The zero-order valence-corrected chi connectivity index (χ0v) is 17.8. The molecule has 2 N–H and O–H groups in total. The number of benzene rings is 1. The van der Waals surface area contributed by atoms with Crippen LogP contribution in [0.2, 0.25) is 5.02 Å². The van der Waals surface area contributed by atoms with E-state index in [1.807, 2.05) is 31.4 Å². The molecule has 30 heavy (non-hydrogen) atoms. The van der Waals surface area contributed by atoms with Crippen LogP contribution in [0.3, 0.4) is 0 Å². The Balaban J connectivity index is 1.78. The van der Waals surface area contributed by atoms with Crippen molar-refractivity contribution in [1.82, 2.24) is 19.7 Å². The van der Waals surface area contributed by atoms with Gasteiger partial charge in [-0.3, -0.25) is 14.6 Å². The molecular formula is C21H18ClN5O2S. The zero-order chi connectivity index (χ0) is 21.3. The first-order valence-corrected chi connectivity index (χ1v) is 10.5. The number of carbonyl (C=O) groups excluding carboxylic acids is 1. The number of amides is 1. The number of aromatic nitrogens is 4. The summed E-state index contributed by atoms with van der Waals surface area (Å²) in [5, 5.41) is 9.93. The fourth-order valence-electron chi connectivity index (χ4n) is 2.83. The number of hydrogen-bond donors (Lipinski definition) is 2. The second-order valence-electron chi connectivity index (χ2n) is 6.91. The van der Waals surface area contributed by atoms with Crippen LogP contribution in [0.4, 0.5) is 5.82 Å². The number of nitrogens with zero attached hydrogens (tertiary/aromatic N) is 3. The molecule has 1 amide bonds. The molecule has 7 nitrogen and oxygen atoms in total. The molecule has 0 bridgehead atoms. The Kier molecular flexibility index (Phi) is 5.52. The fraction of sp³-hybridized carbons (Fsp3) is 0.143. The van der Waals surface area contributed by atoms with E-state index in [-0.39, 0.29) is 23.3 Å². The van der Waals surface area contributed by atoms with Gasteiger partial charge < -0.3 is 5.32 Å². The minimum absolute atomic E-state index is 0.0606. The summed E-state index contributed by atoms with van der Waals surface area (Å²) in [6.45, 7) is 3.91. The molecule has 4 aromatic rings. The second-order valence-corrected chi connectivity index (χ2v) is 8.30. The predicted molar refractivity (Wildman–Crippen MR) is 119 cm³/mol. The van der Waals surface area contributed by atoms with E-state index in [1.54, 1.807) is 30.3 Å². The van der Waals surface area contributed by atoms with E-state index in [9.17, 15) is 9.59 Å². The number of anilines is 1. The minimum atomic E-state index is -0.326. The molecule has 0 radical (unpaired) electrons. The topological polar surface area (TPSA) is 92.7 Å². The Morgan fingerprint density at radius 2 is 1.97 bits per heavy atom. The van der Waals surface area contributed by atoms with E-state index in [1.165, 1.54) is 22.1 Å². The molecule has 0 spiro atoms.